The fourth-order valence-corrected chi connectivity index (χ4v) is 3.25. The zero-order chi connectivity index (χ0) is 14.7. The van der Waals surface area contributed by atoms with E-state index in [0.29, 0.717) is 19.6 Å². The van der Waals surface area contributed by atoms with Crippen LogP contribution in [0.25, 0.3) is 0 Å². The highest BCUT2D eigenvalue weighted by Gasteiger charge is 2.25. The number of thiazole rings is 1. The number of amides is 2. The highest BCUT2D eigenvalue weighted by Crippen LogP contribution is 2.19. The summed E-state index contributed by atoms with van der Waals surface area (Å²) in [6, 6.07) is 0. The van der Waals surface area contributed by atoms with Crippen molar-refractivity contribution in [2.24, 2.45) is 5.92 Å². The summed E-state index contributed by atoms with van der Waals surface area (Å²) in [7, 11) is 0. The second-order valence-electron chi connectivity index (χ2n) is 5.25. The third-order valence-electron chi connectivity index (χ3n) is 3.80. The van der Waals surface area contributed by atoms with Gasteiger partial charge in [0, 0.05) is 30.8 Å². The molecule has 0 unspecified atom stereocenters. The Kier molecular flexibility index (Phi) is 4.75. The predicted octanol–water partition coefficient (Wildman–Crippen LogP) is 1.63. The first-order chi connectivity index (χ1) is 9.47. The third-order valence-corrected chi connectivity index (χ3v) is 4.87. The average Bonchev–Trinajstić information content (AvgIpc) is 2.75. The van der Waals surface area contributed by atoms with Gasteiger partial charge in [0.1, 0.15) is 5.01 Å². The van der Waals surface area contributed by atoms with E-state index in [1.165, 1.54) is 4.88 Å². The molecule has 20 heavy (non-hydrogen) atoms. The molecule has 1 fully saturated rings. The molecule has 1 aromatic heterocycles. The topological polar surface area (TPSA) is 62.3 Å². The molecule has 2 rings (SSSR count). The number of hydrogen-bond donors (Lipinski definition) is 1. The van der Waals surface area contributed by atoms with Gasteiger partial charge < -0.3 is 10.2 Å². The first kappa shape index (κ1) is 15.0. The van der Waals surface area contributed by atoms with Crippen molar-refractivity contribution >= 4 is 23.2 Å². The molecule has 2 heterocycles. The summed E-state index contributed by atoms with van der Waals surface area (Å²) < 4.78 is 0. The van der Waals surface area contributed by atoms with Gasteiger partial charge in [0.15, 0.2) is 0 Å². The summed E-state index contributed by atoms with van der Waals surface area (Å²) in [5.41, 5.74) is 1.04. The van der Waals surface area contributed by atoms with Crippen molar-refractivity contribution in [1.82, 2.24) is 15.2 Å². The number of hydrogen-bond acceptors (Lipinski definition) is 4. The van der Waals surface area contributed by atoms with Gasteiger partial charge in [0.25, 0.3) is 0 Å². The molecule has 1 saturated heterocycles. The Bertz CT molecular complexity index is 485. The lowest BCUT2D eigenvalue weighted by Crippen LogP contribution is -2.42. The van der Waals surface area contributed by atoms with E-state index in [-0.39, 0.29) is 17.7 Å². The van der Waals surface area contributed by atoms with E-state index < -0.39 is 0 Å². The summed E-state index contributed by atoms with van der Waals surface area (Å²) in [5.74, 6) is 0.198. The normalized spacial score (nSPS) is 16.2. The molecule has 1 N–H and O–H groups in total. The van der Waals surface area contributed by atoms with Crippen LogP contribution in [0.15, 0.2) is 0 Å². The number of likely N-dealkylation sites (tertiary alicyclic amines) is 1. The molecule has 0 atom stereocenters. The van der Waals surface area contributed by atoms with Crippen LogP contribution < -0.4 is 5.32 Å². The zero-order valence-electron chi connectivity index (χ0n) is 12.2. The lowest BCUT2D eigenvalue weighted by atomic mass is 9.96. The minimum absolute atomic E-state index is 0.0211. The maximum Gasteiger partial charge on any atom is 0.223 e. The lowest BCUT2D eigenvalue weighted by molar-refractivity contribution is -0.134. The van der Waals surface area contributed by atoms with Gasteiger partial charge in [-0.3, -0.25) is 9.59 Å². The van der Waals surface area contributed by atoms with Gasteiger partial charge in [-0.2, -0.15) is 0 Å². The number of piperidine rings is 1. The molecule has 0 spiro atoms. The van der Waals surface area contributed by atoms with Gasteiger partial charge in [-0.05, 0) is 26.7 Å². The molecule has 0 aromatic carbocycles. The molecule has 6 heteroatoms. The van der Waals surface area contributed by atoms with Gasteiger partial charge in [-0.15, -0.1) is 11.3 Å². The third kappa shape index (κ3) is 3.56. The second-order valence-corrected chi connectivity index (χ2v) is 6.54. The van der Waals surface area contributed by atoms with Gasteiger partial charge >= 0.3 is 0 Å². The van der Waals surface area contributed by atoms with Crippen LogP contribution in [0.4, 0.5) is 0 Å². The number of nitrogens with one attached hydrogen (secondary N) is 1. The fourth-order valence-electron chi connectivity index (χ4n) is 2.38. The fraction of sp³-hybridized carbons (Fsp3) is 0.643. The summed E-state index contributed by atoms with van der Waals surface area (Å²) in [6.45, 7) is 7.47. The zero-order valence-corrected chi connectivity index (χ0v) is 13.0. The van der Waals surface area contributed by atoms with E-state index in [1.807, 2.05) is 13.8 Å². The molecule has 0 aliphatic carbocycles. The van der Waals surface area contributed by atoms with Crippen molar-refractivity contribution in [2.75, 3.05) is 13.1 Å². The van der Waals surface area contributed by atoms with Crippen molar-refractivity contribution in [3.63, 3.8) is 0 Å². The highest BCUT2D eigenvalue weighted by atomic mass is 32.1. The smallest absolute Gasteiger partial charge is 0.223 e. The highest BCUT2D eigenvalue weighted by molar-refractivity contribution is 7.11. The molecule has 0 radical (unpaired) electrons. The molecule has 1 aromatic rings. The molecule has 1 aliphatic heterocycles. The van der Waals surface area contributed by atoms with Crippen LogP contribution >= 0.6 is 11.3 Å². The molecule has 2 amide bonds. The predicted molar refractivity (Wildman–Crippen MR) is 78.4 cm³/mol. The van der Waals surface area contributed by atoms with Crippen LogP contribution in [-0.4, -0.2) is 34.8 Å². The van der Waals surface area contributed by atoms with Crippen LogP contribution in [-0.2, 0) is 16.1 Å². The van der Waals surface area contributed by atoms with Crippen molar-refractivity contribution in [1.29, 1.82) is 0 Å². The largest absolute Gasteiger partial charge is 0.349 e. The summed E-state index contributed by atoms with van der Waals surface area (Å²) >= 11 is 1.63. The van der Waals surface area contributed by atoms with E-state index in [1.54, 1.807) is 23.2 Å². The van der Waals surface area contributed by atoms with Crippen molar-refractivity contribution in [3.05, 3.63) is 15.6 Å². The molecular formula is C14H21N3O2S. The molecule has 1 aliphatic rings. The number of aromatic nitrogens is 1. The maximum absolute atomic E-state index is 12.1. The molecule has 0 bridgehead atoms. The Balaban J connectivity index is 1.80. The van der Waals surface area contributed by atoms with Gasteiger partial charge in [0.2, 0.25) is 11.8 Å². The second kappa shape index (κ2) is 6.35. The summed E-state index contributed by atoms with van der Waals surface area (Å²) in [5, 5.41) is 3.91. The van der Waals surface area contributed by atoms with E-state index in [2.05, 4.69) is 10.3 Å². The van der Waals surface area contributed by atoms with Crippen LogP contribution in [0, 0.1) is 19.8 Å². The standard InChI is InChI=1S/C14H21N3O2S/c1-9-10(2)20-13(16-9)8-15-14(19)12-4-6-17(7-5-12)11(3)18/h12H,4-8H2,1-3H3,(H,15,19). The molecular weight excluding hydrogens is 274 g/mol. The number of nitrogens with zero attached hydrogens (tertiary/aromatic N) is 2. The number of aryl methyl sites for hydroxylation is 2. The van der Waals surface area contributed by atoms with Crippen LogP contribution in [0.5, 0.6) is 0 Å². The van der Waals surface area contributed by atoms with Crippen LogP contribution in [0.3, 0.4) is 0 Å². The monoisotopic (exact) mass is 295 g/mol. The lowest BCUT2D eigenvalue weighted by Gasteiger charge is -2.30. The van der Waals surface area contributed by atoms with Crippen LogP contribution in [0.2, 0.25) is 0 Å². The number of rotatable bonds is 3. The van der Waals surface area contributed by atoms with Gasteiger partial charge in [-0.25, -0.2) is 4.98 Å². The first-order valence-electron chi connectivity index (χ1n) is 6.93. The maximum atomic E-state index is 12.1. The van der Waals surface area contributed by atoms with Gasteiger partial charge in [0.05, 0.1) is 12.2 Å². The summed E-state index contributed by atoms with van der Waals surface area (Å²) in [6.07, 6.45) is 1.50. The van der Waals surface area contributed by atoms with Crippen molar-refractivity contribution in [3.8, 4) is 0 Å². The number of carbonyl (C=O) groups is 2. The molecule has 110 valence electrons. The van der Waals surface area contributed by atoms with Crippen LogP contribution in [0.1, 0.15) is 35.3 Å². The Morgan fingerprint density at radius 2 is 2.00 bits per heavy atom. The van der Waals surface area contributed by atoms with E-state index in [0.717, 1.165) is 23.5 Å². The summed E-state index contributed by atoms with van der Waals surface area (Å²) in [4.78, 5) is 30.8. The van der Waals surface area contributed by atoms with Crippen molar-refractivity contribution in [2.45, 2.75) is 40.2 Å². The van der Waals surface area contributed by atoms with Crippen molar-refractivity contribution < 1.29 is 9.59 Å². The van der Waals surface area contributed by atoms with E-state index in [9.17, 15) is 9.59 Å². The Hall–Kier alpha value is -1.43. The molecule has 0 saturated carbocycles. The minimum atomic E-state index is 0.0211. The SMILES string of the molecule is CC(=O)N1CCC(C(=O)NCc2nc(C)c(C)s2)CC1. The van der Waals surface area contributed by atoms with Gasteiger partial charge in [-0.1, -0.05) is 0 Å². The molecule has 5 nitrogen and oxygen atoms in total. The Morgan fingerprint density at radius 3 is 2.50 bits per heavy atom. The van der Waals surface area contributed by atoms with E-state index in [4.69, 9.17) is 0 Å². The number of carbonyl (C=O) groups excluding carboxylic acids is 2. The minimum Gasteiger partial charge on any atom is -0.349 e. The Labute approximate surface area is 123 Å². The Morgan fingerprint density at radius 1 is 1.35 bits per heavy atom. The van der Waals surface area contributed by atoms with E-state index >= 15 is 0 Å². The average molecular weight is 295 g/mol. The quantitative estimate of drug-likeness (QED) is 0.922. The first-order valence-corrected chi connectivity index (χ1v) is 7.75.